The molecule has 0 spiro atoms. The van der Waals surface area contributed by atoms with Crippen molar-refractivity contribution in [1.82, 2.24) is 4.90 Å². The number of halogens is 1. The lowest BCUT2D eigenvalue weighted by Crippen LogP contribution is -2.63. The Morgan fingerprint density at radius 2 is 1.91 bits per heavy atom. The van der Waals surface area contributed by atoms with Gasteiger partial charge >= 0.3 is 0 Å². The van der Waals surface area contributed by atoms with Crippen molar-refractivity contribution in [3.8, 4) is 5.75 Å². The summed E-state index contributed by atoms with van der Waals surface area (Å²) in [5.74, 6) is -6.39. The highest BCUT2D eigenvalue weighted by atomic mass is 127. The molecule has 3 aliphatic carbocycles. The summed E-state index contributed by atoms with van der Waals surface area (Å²) in [5.41, 5.74) is 3.21. The molecule has 0 aromatic heterocycles. The van der Waals surface area contributed by atoms with Crippen molar-refractivity contribution in [2.45, 2.75) is 24.5 Å². The van der Waals surface area contributed by atoms with Crippen LogP contribution in [-0.4, -0.2) is 76.4 Å². The van der Waals surface area contributed by atoms with Gasteiger partial charge in [0, 0.05) is 11.5 Å². The van der Waals surface area contributed by atoms with E-state index in [1.165, 1.54) is 4.90 Å². The number of primary amides is 1. The molecule has 0 aliphatic heterocycles. The Morgan fingerprint density at radius 1 is 1.28 bits per heavy atom. The van der Waals surface area contributed by atoms with Gasteiger partial charge in [-0.1, -0.05) is 11.5 Å². The molecule has 4 atom stereocenters. The summed E-state index contributed by atoms with van der Waals surface area (Å²) in [6.45, 7) is 0. The summed E-state index contributed by atoms with van der Waals surface area (Å²) in [5, 5.41) is 43.9. The molecule has 3 aliphatic rings. The number of amides is 1. The fourth-order valence-electron chi connectivity index (χ4n) is 5.46. The molecule has 0 saturated carbocycles. The number of fused-ring (bicyclic) bond motifs is 3. The van der Waals surface area contributed by atoms with E-state index >= 15 is 0 Å². The number of Topliss-reactive ketones (excluding diaryl/α,β-unsaturated/α-hetero) is 2. The van der Waals surface area contributed by atoms with E-state index in [9.17, 15) is 34.8 Å². The Kier molecular flexibility index (Phi) is 5.22. The van der Waals surface area contributed by atoms with Gasteiger partial charge in [0.15, 0.2) is 11.4 Å². The van der Waals surface area contributed by atoms with Crippen LogP contribution in [-0.2, 0) is 16.0 Å². The zero-order chi connectivity index (χ0) is 23.9. The number of hydrogen-bond acceptors (Lipinski definition) is 8. The van der Waals surface area contributed by atoms with Crippen LogP contribution >= 0.6 is 22.6 Å². The quantitative estimate of drug-likeness (QED) is 0.177. The second-order valence-corrected chi connectivity index (χ2v) is 10.0. The molecule has 0 fully saturated rings. The third kappa shape index (κ3) is 2.80. The third-order valence-corrected chi connectivity index (χ3v) is 7.72. The van der Waals surface area contributed by atoms with Gasteiger partial charge in [0.05, 0.1) is 15.2 Å². The second kappa shape index (κ2) is 7.32. The van der Waals surface area contributed by atoms with Gasteiger partial charge < -0.3 is 26.2 Å². The maximum atomic E-state index is 13.4. The van der Waals surface area contributed by atoms with Crippen LogP contribution in [0.2, 0.25) is 0 Å². The molecule has 11 heteroatoms. The molecule has 1 aromatic rings. The topological polar surface area (TPSA) is 161 Å². The van der Waals surface area contributed by atoms with Crippen molar-refractivity contribution < 1.29 is 34.8 Å². The first-order chi connectivity index (χ1) is 14.8. The summed E-state index contributed by atoms with van der Waals surface area (Å²) in [4.78, 5) is 40.1. The number of nitrogens with two attached hydrogens (primary N) is 1. The highest BCUT2D eigenvalue weighted by molar-refractivity contribution is 14.1. The van der Waals surface area contributed by atoms with E-state index in [0.717, 1.165) is 5.46 Å². The Hall–Kier alpha value is -2.38. The molecule has 0 heterocycles. The maximum absolute atomic E-state index is 13.4. The lowest BCUT2D eigenvalue weighted by atomic mass is 9.58. The number of phenols is 1. The number of aliphatic hydroxyl groups excluding tert-OH is 2. The number of carbonyl (C=O) groups is 3. The van der Waals surface area contributed by atoms with Crippen molar-refractivity contribution in [1.29, 1.82) is 0 Å². The Bertz CT molecular complexity index is 1180. The van der Waals surface area contributed by atoms with Gasteiger partial charge in [-0.3, -0.25) is 19.3 Å². The van der Waals surface area contributed by atoms with E-state index in [-0.39, 0.29) is 23.3 Å². The molecule has 1 aromatic carbocycles. The van der Waals surface area contributed by atoms with Gasteiger partial charge in [0.2, 0.25) is 5.78 Å². The molecular weight excluding hydrogens is 530 g/mol. The molecule has 6 N–H and O–H groups in total. The molecule has 9 nitrogen and oxygen atoms in total. The number of ketones is 2. The molecule has 168 valence electrons. The van der Waals surface area contributed by atoms with Crippen LogP contribution in [0.3, 0.4) is 0 Å². The maximum Gasteiger partial charge on any atom is 0.255 e. The minimum Gasteiger partial charge on any atom is -0.510 e. The number of hydrogen-bond donors (Lipinski definition) is 5. The van der Waals surface area contributed by atoms with Crippen LogP contribution in [0.1, 0.15) is 22.3 Å². The molecule has 4 rings (SSSR count). The average Bonchev–Trinajstić information content (AvgIpc) is 2.68. The van der Waals surface area contributed by atoms with E-state index < -0.39 is 58.0 Å². The Balaban J connectivity index is 1.99. The molecule has 0 unspecified atom stereocenters. The van der Waals surface area contributed by atoms with E-state index in [4.69, 9.17) is 5.73 Å². The van der Waals surface area contributed by atoms with Crippen LogP contribution in [0.5, 0.6) is 5.75 Å². The number of rotatable bonds is 2. The largest absolute Gasteiger partial charge is 0.510 e. The lowest BCUT2D eigenvalue weighted by Gasteiger charge is -2.50. The monoisotopic (exact) mass is 552 g/mol. The molecule has 0 bridgehead atoms. The van der Waals surface area contributed by atoms with Gasteiger partial charge in [-0.05, 0) is 61.0 Å². The van der Waals surface area contributed by atoms with Crippen LogP contribution in [0, 0.1) is 15.4 Å². The highest BCUT2D eigenvalue weighted by Gasteiger charge is 2.63. The Labute approximate surface area is 198 Å². The molecule has 0 radical (unpaired) electrons. The molecular formula is C21H22BIN2O7. The second-order valence-electron chi connectivity index (χ2n) is 8.84. The molecule has 32 heavy (non-hydrogen) atoms. The fraction of sp³-hybridized carbons (Fsp3) is 0.381. The summed E-state index contributed by atoms with van der Waals surface area (Å²) < 4.78 is 0.462. The Morgan fingerprint density at radius 3 is 2.47 bits per heavy atom. The van der Waals surface area contributed by atoms with E-state index in [0.29, 0.717) is 15.6 Å². The van der Waals surface area contributed by atoms with Crippen molar-refractivity contribution in [2.24, 2.45) is 17.6 Å². The molecule has 1 amide bonds. The van der Waals surface area contributed by atoms with Crippen molar-refractivity contribution in [2.75, 3.05) is 14.1 Å². The van der Waals surface area contributed by atoms with Crippen LogP contribution < -0.4 is 11.2 Å². The zero-order valence-electron chi connectivity index (χ0n) is 17.6. The summed E-state index contributed by atoms with van der Waals surface area (Å²) in [6.07, 6.45) is 0.378. The first kappa shape index (κ1) is 22.8. The van der Waals surface area contributed by atoms with Gasteiger partial charge in [-0.15, -0.1) is 0 Å². The van der Waals surface area contributed by atoms with E-state index in [1.54, 1.807) is 20.2 Å². The first-order valence-electron chi connectivity index (χ1n) is 9.99. The van der Waals surface area contributed by atoms with Gasteiger partial charge in [-0.25, -0.2) is 0 Å². The van der Waals surface area contributed by atoms with Gasteiger partial charge in [0.1, 0.15) is 30.7 Å². The number of carbonyl (C=O) groups excluding carboxylic acids is 3. The highest BCUT2D eigenvalue weighted by Crippen LogP contribution is 2.52. The normalized spacial score (nSPS) is 29.7. The van der Waals surface area contributed by atoms with E-state index in [1.807, 2.05) is 30.4 Å². The lowest BCUT2D eigenvalue weighted by molar-refractivity contribution is -0.148. The van der Waals surface area contributed by atoms with Crippen LogP contribution in [0.25, 0.3) is 0 Å². The standard InChI is InChI=1S/C21H22BIN2O7/c1-25(2)14-8-4-6-3-7-9(22)5-10(23)15(26)12(7)16(27)11(6)18(29)21(8,32)19(30)13(17(14)28)20(24)31/h5-6,8,14,26,28-29,32H,3-4,22H2,1-2H3,(H2,24,31)/t6-,8-,14-,21-/m0/s1. The van der Waals surface area contributed by atoms with E-state index in [2.05, 4.69) is 0 Å². The van der Waals surface area contributed by atoms with Crippen LogP contribution in [0.15, 0.2) is 28.7 Å². The minimum atomic E-state index is -2.61. The number of aromatic hydroxyl groups is 1. The van der Waals surface area contributed by atoms with Crippen LogP contribution in [0.4, 0.5) is 0 Å². The predicted octanol–water partition coefficient (Wildman–Crippen LogP) is -1.02. The third-order valence-electron chi connectivity index (χ3n) is 6.90. The van der Waals surface area contributed by atoms with Gasteiger partial charge in [-0.2, -0.15) is 0 Å². The number of aliphatic hydroxyl groups is 3. The fourth-order valence-corrected chi connectivity index (χ4v) is 6.20. The first-order valence-corrected chi connectivity index (χ1v) is 11.1. The predicted molar refractivity (Wildman–Crippen MR) is 125 cm³/mol. The summed E-state index contributed by atoms with van der Waals surface area (Å²) in [6, 6.07) is 0.766. The van der Waals surface area contributed by atoms with Crippen molar-refractivity contribution >= 4 is 53.4 Å². The average molecular weight is 552 g/mol. The minimum absolute atomic E-state index is 0.0372. The summed E-state index contributed by atoms with van der Waals surface area (Å²) >= 11 is 1.90. The number of phenolic OH excluding ortho intramolecular Hbond substituents is 1. The number of nitrogens with zero attached hydrogens (tertiary/aromatic N) is 1. The zero-order valence-corrected chi connectivity index (χ0v) is 19.8. The smallest absolute Gasteiger partial charge is 0.255 e. The van der Waals surface area contributed by atoms with Crippen molar-refractivity contribution in [3.63, 3.8) is 0 Å². The number of allylic oxidation sites excluding steroid dienone is 1. The number of likely N-dealkylation sites (N-methyl/N-ethyl adjacent to an activating group) is 1. The number of benzene rings is 1. The molecule has 0 saturated heterocycles. The van der Waals surface area contributed by atoms with Crippen molar-refractivity contribution in [3.05, 3.63) is 43.4 Å². The summed E-state index contributed by atoms with van der Waals surface area (Å²) in [7, 11) is 5.01. The van der Waals surface area contributed by atoms with Gasteiger partial charge in [0.25, 0.3) is 5.91 Å². The SMILES string of the molecule is Bc1cc(I)c(O)c2c1C[C@H]1C[C@H]3[C@H](N(C)C)C(O)=C(C(N)=O)C(=O)[C@@]3(O)C(O)=C1C2=O.